The van der Waals surface area contributed by atoms with Crippen LogP contribution in [0.4, 0.5) is 26.3 Å². The van der Waals surface area contributed by atoms with Crippen LogP contribution < -0.4 is 0 Å². The lowest BCUT2D eigenvalue weighted by Gasteiger charge is -2.29. The number of hydrogen-bond donors (Lipinski definition) is 3. The molecule has 0 aliphatic carbocycles. The van der Waals surface area contributed by atoms with Gasteiger partial charge in [0.15, 0.2) is 0 Å². The molecular weight excluding hydrogens is 440 g/mol. The number of hydrogen-bond acceptors (Lipinski definition) is 6. The van der Waals surface area contributed by atoms with E-state index in [-0.39, 0.29) is 6.04 Å². The number of carboxylic acid groups (broad SMARTS) is 2. The zero-order chi connectivity index (χ0) is 24.0. The van der Waals surface area contributed by atoms with Gasteiger partial charge in [-0.3, -0.25) is 10.1 Å². The third-order valence-electron chi connectivity index (χ3n) is 3.54. The van der Waals surface area contributed by atoms with Gasteiger partial charge in [0, 0.05) is 25.0 Å². The summed E-state index contributed by atoms with van der Waals surface area (Å²) in [5.41, 5.74) is 2.67. The van der Waals surface area contributed by atoms with Crippen LogP contribution in [0.1, 0.15) is 11.6 Å². The van der Waals surface area contributed by atoms with Crippen molar-refractivity contribution in [2.45, 2.75) is 18.4 Å². The molecule has 1 atom stereocenters. The van der Waals surface area contributed by atoms with Crippen LogP contribution in [0.5, 0.6) is 0 Å². The van der Waals surface area contributed by atoms with Gasteiger partial charge in [0.25, 0.3) is 0 Å². The molecule has 0 amide bonds. The molecule has 31 heavy (non-hydrogen) atoms. The molecule has 3 heterocycles. The summed E-state index contributed by atoms with van der Waals surface area (Å²) in [7, 11) is 1.96. The average Bonchev–Trinajstić information content (AvgIpc) is 3.27. The maximum atomic E-state index is 10.6. The zero-order valence-electron chi connectivity index (χ0n) is 15.3. The number of carbonyl (C=O) groups is 2. The van der Waals surface area contributed by atoms with Crippen LogP contribution in [-0.4, -0.2) is 61.8 Å². The Hall–Kier alpha value is -3.80. The molecule has 3 rings (SSSR count). The van der Waals surface area contributed by atoms with E-state index in [0.717, 1.165) is 16.8 Å². The summed E-state index contributed by atoms with van der Waals surface area (Å²) in [6.45, 7) is 0. The molecule has 2 aliphatic rings. The van der Waals surface area contributed by atoms with E-state index in [2.05, 4.69) is 16.3 Å². The van der Waals surface area contributed by atoms with E-state index >= 15 is 0 Å². The molecule has 3 N–H and O–H groups in total. The van der Waals surface area contributed by atoms with E-state index in [1.807, 2.05) is 47.7 Å². The van der Waals surface area contributed by atoms with Crippen LogP contribution in [0.2, 0.25) is 0 Å². The van der Waals surface area contributed by atoms with E-state index in [1.54, 1.807) is 6.20 Å². The molecule has 1 aromatic heterocycles. The highest BCUT2D eigenvalue weighted by Gasteiger charge is 2.39. The largest absolute Gasteiger partial charge is 0.490 e. The monoisotopic (exact) mass is 453 g/mol. The summed E-state index contributed by atoms with van der Waals surface area (Å²) in [6, 6.07) is 2.23. The van der Waals surface area contributed by atoms with Crippen LogP contribution in [0, 0.1) is 11.3 Å². The SMILES string of the molecule is CN1C(c2cn[nH]c2)C(C#N)=C2C=CC=CN21.O=C(O)C(F)(F)F.O=C(O)C(F)(F)F. The fraction of sp³-hybridized carbons (Fsp3) is 0.250. The zero-order valence-corrected chi connectivity index (χ0v) is 15.3. The number of halogens is 6. The van der Waals surface area contributed by atoms with Crippen molar-refractivity contribution in [1.82, 2.24) is 20.2 Å². The van der Waals surface area contributed by atoms with Gasteiger partial charge in [-0.1, -0.05) is 6.08 Å². The third kappa shape index (κ3) is 6.60. The number of allylic oxidation sites excluding steroid dienone is 3. The van der Waals surface area contributed by atoms with Gasteiger partial charge in [-0.05, 0) is 12.2 Å². The molecule has 168 valence electrons. The highest BCUT2D eigenvalue weighted by Crippen LogP contribution is 2.39. The van der Waals surface area contributed by atoms with Gasteiger partial charge in [0.2, 0.25) is 0 Å². The molecule has 0 radical (unpaired) electrons. The molecule has 0 fully saturated rings. The molecule has 0 bridgehead atoms. The Balaban J connectivity index is 0.000000288. The predicted molar refractivity (Wildman–Crippen MR) is 89.2 cm³/mol. The molecule has 0 saturated carbocycles. The Kier molecular flexibility index (Phi) is 7.98. The Morgan fingerprint density at radius 3 is 2.03 bits per heavy atom. The van der Waals surface area contributed by atoms with Gasteiger partial charge in [0.05, 0.1) is 29.6 Å². The quantitative estimate of drug-likeness (QED) is 0.553. The Bertz CT molecular complexity index is 904. The molecule has 2 aliphatic heterocycles. The second kappa shape index (κ2) is 9.80. The number of hydrazine groups is 1. The molecule has 15 heteroatoms. The standard InChI is InChI=1S/C12H11N5.2C2HF3O2/c1-16-12(9-7-14-15-8-9)10(6-13)11-4-2-3-5-17(11)16;2*3-2(4,5)1(6)7/h2-5,7-8,12H,1H3,(H,14,15);2*(H,6,7). The number of aromatic nitrogens is 2. The van der Waals surface area contributed by atoms with Gasteiger partial charge in [-0.2, -0.15) is 36.7 Å². The summed E-state index contributed by atoms with van der Waals surface area (Å²) < 4.78 is 63.5. The lowest BCUT2D eigenvalue weighted by molar-refractivity contribution is -0.193. The lowest BCUT2D eigenvalue weighted by atomic mass is 10.0. The lowest BCUT2D eigenvalue weighted by Crippen LogP contribution is -2.32. The number of aliphatic carboxylic acids is 2. The Labute approximate surface area is 169 Å². The van der Waals surface area contributed by atoms with E-state index in [1.165, 1.54) is 0 Å². The van der Waals surface area contributed by atoms with E-state index in [9.17, 15) is 31.6 Å². The number of nitrogens with one attached hydrogen (secondary N) is 1. The molecular formula is C16H13F6N5O4. The maximum Gasteiger partial charge on any atom is 0.490 e. The number of rotatable bonds is 1. The summed E-state index contributed by atoms with van der Waals surface area (Å²) in [5, 5.41) is 34.3. The molecule has 9 nitrogen and oxygen atoms in total. The first-order valence-corrected chi connectivity index (χ1v) is 7.81. The second-order valence-electron chi connectivity index (χ2n) is 5.57. The summed E-state index contributed by atoms with van der Waals surface area (Å²) in [5.74, 6) is -5.51. The van der Waals surface area contributed by atoms with Crippen molar-refractivity contribution in [1.29, 1.82) is 5.26 Å². The van der Waals surface area contributed by atoms with Crippen LogP contribution in [-0.2, 0) is 9.59 Å². The minimum Gasteiger partial charge on any atom is -0.475 e. The fourth-order valence-electron chi connectivity index (χ4n) is 2.29. The Morgan fingerprint density at radius 1 is 1.13 bits per heavy atom. The molecule has 1 unspecified atom stereocenters. The number of H-pyrrole nitrogens is 1. The first kappa shape index (κ1) is 25.2. The number of nitriles is 1. The highest BCUT2D eigenvalue weighted by molar-refractivity contribution is 5.73. The average molecular weight is 453 g/mol. The molecule has 0 spiro atoms. The van der Waals surface area contributed by atoms with Crippen molar-refractivity contribution < 1.29 is 46.1 Å². The van der Waals surface area contributed by atoms with Crippen molar-refractivity contribution in [3.63, 3.8) is 0 Å². The minimum absolute atomic E-state index is 0.0684. The predicted octanol–water partition coefficient (Wildman–Crippen LogP) is 2.74. The van der Waals surface area contributed by atoms with Crippen molar-refractivity contribution in [3.05, 3.63) is 53.7 Å². The van der Waals surface area contributed by atoms with Crippen molar-refractivity contribution in [3.8, 4) is 6.07 Å². The van der Waals surface area contributed by atoms with E-state index in [4.69, 9.17) is 19.8 Å². The highest BCUT2D eigenvalue weighted by atomic mass is 19.4. The number of fused-ring (bicyclic) bond motifs is 1. The minimum atomic E-state index is -5.08. The number of alkyl halides is 6. The molecule has 1 aromatic rings. The number of aromatic amines is 1. The first-order valence-electron chi connectivity index (χ1n) is 7.81. The second-order valence-corrected chi connectivity index (χ2v) is 5.57. The number of carboxylic acids is 2. The van der Waals surface area contributed by atoms with Crippen LogP contribution in [0.15, 0.2) is 48.1 Å². The van der Waals surface area contributed by atoms with Crippen molar-refractivity contribution in [2.24, 2.45) is 0 Å². The van der Waals surface area contributed by atoms with Crippen LogP contribution >= 0.6 is 0 Å². The number of likely N-dealkylation sites (N-methyl/N-ethyl adjacent to an activating group) is 1. The van der Waals surface area contributed by atoms with Gasteiger partial charge in [0.1, 0.15) is 0 Å². The van der Waals surface area contributed by atoms with E-state index in [0.29, 0.717) is 0 Å². The van der Waals surface area contributed by atoms with Gasteiger partial charge < -0.3 is 10.2 Å². The van der Waals surface area contributed by atoms with Gasteiger partial charge in [-0.15, -0.1) is 0 Å². The smallest absolute Gasteiger partial charge is 0.475 e. The summed E-state index contributed by atoms with van der Waals surface area (Å²) in [6.07, 6.45) is 1.21. The third-order valence-corrected chi connectivity index (χ3v) is 3.54. The van der Waals surface area contributed by atoms with Crippen molar-refractivity contribution in [2.75, 3.05) is 7.05 Å². The number of nitrogens with zero attached hydrogens (tertiary/aromatic N) is 4. The molecule has 0 saturated heterocycles. The fourth-order valence-corrected chi connectivity index (χ4v) is 2.29. The van der Waals surface area contributed by atoms with Crippen LogP contribution in [0.25, 0.3) is 0 Å². The van der Waals surface area contributed by atoms with Gasteiger partial charge in [-0.25, -0.2) is 14.6 Å². The summed E-state index contributed by atoms with van der Waals surface area (Å²) >= 11 is 0. The molecule has 0 aromatic carbocycles. The van der Waals surface area contributed by atoms with Crippen molar-refractivity contribution >= 4 is 11.9 Å². The maximum absolute atomic E-state index is 10.6. The first-order chi connectivity index (χ1) is 14.2. The van der Waals surface area contributed by atoms with Crippen LogP contribution in [0.3, 0.4) is 0 Å². The Morgan fingerprint density at radius 2 is 1.65 bits per heavy atom. The van der Waals surface area contributed by atoms with E-state index < -0.39 is 24.3 Å². The topological polar surface area (TPSA) is 134 Å². The van der Waals surface area contributed by atoms with Gasteiger partial charge >= 0.3 is 24.3 Å². The normalized spacial score (nSPS) is 17.7. The summed E-state index contributed by atoms with van der Waals surface area (Å²) in [4.78, 5) is 17.8.